The normalized spacial score (nSPS) is 22.0. The molecular weight excluding hydrogens is 248 g/mol. The Bertz CT molecular complexity index is 410. The molecule has 5 heteroatoms. The van der Waals surface area contributed by atoms with E-state index in [-0.39, 0.29) is 0 Å². The van der Waals surface area contributed by atoms with Crippen molar-refractivity contribution >= 4 is 17.4 Å². The van der Waals surface area contributed by atoms with E-state index >= 15 is 0 Å². The van der Waals surface area contributed by atoms with Crippen molar-refractivity contribution in [1.82, 2.24) is 14.9 Å². The van der Waals surface area contributed by atoms with E-state index in [1.54, 1.807) is 6.33 Å². The average Bonchev–Trinajstić information content (AvgIpc) is 2.49. The molecule has 0 spiro atoms. The Hall–Kier alpha value is -0.870. The van der Waals surface area contributed by atoms with E-state index in [9.17, 15) is 0 Å². The SMILES string of the molecule is CCc1c(Cl)ncnc1N1CCCN(C)CC1C. The summed E-state index contributed by atoms with van der Waals surface area (Å²) < 4.78 is 0. The molecule has 0 N–H and O–H groups in total. The van der Waals surface area contributed by atoms with Crippen LogP contribution in [-0.4, -0.2) is 47.6 Å². The lowest BCUT2D eigenvalue weighted by molar-refractivity contribution is 0.337. The number of hydrogen-bond acceptors (Lipinski definition) is 4. The first-order valence-corrected chi connectivity index (χ1v) is 6.95. The van der Waals surface area contributed by atoms with Crippen molar-refractivity contribution in [3.8, 4) is 0 Å². The van der Waals surface area contributed by atoms with Crippen LogP contribution in [0.4, 0.5) is 5.82 Å². The van der Waals surface area contributed by atoms with Crippen molar-refractivity contribution in [1.29, 1.82) is 0 Å². The highest BCUT2D eigenvalue weighted by molar-refractivity contribution is 6.30. The first-order chi connectivity index (χ1) is 8.63. The lowest BCUT2D eigenvalue weighted by Crippen LogP contribution is -2.39. The molecule has 0 aliphatic carbocycles. The molecule has 0 aromatic carbocycles. The smallest absolute Gasteiger partial charge is 0.137 e. The Morgan fingerprint density at radius 3 is 2.89 bits per heavy atom. The zero-order valence-electron chi connectivity index (χ0n) is 11.4. The van der Waals surface area contributed by atoms with Crippen LogP contribution in [0.2, 0.25) is 5.15 Å². The maximum absolute atomic E-state index is 6.18. The van der Waals surface area contributed by atoms with Gasteiger partial charge in [0.1, 0.15) is 17.3 Å². The van der Waals surface area contributed by atoms with Gasteiger partial charge in [-0.2, -0.15) is 0 Å². The molecule has 1 atom stereocenters. The molecule has 1 aliphatic heterocycles. The summed E-state index contributed by atoms with van der Waals surface area (Å²) in [6.45, 7) is 7.58. The van der Waals surface area contributed by atoms with Crippen molar-refractivity contribution < 1.29 is 0 Å². The van der Waals surface area contributed by atoms with Crippen LogP contribution in [-0.2, 0) is 6.42 Å². The number of aromatic nitrogens is 2. The van der Waals surface area contributed by atoms with E-state index in [0.717, 1.165) is 43.9 Å². The summed E-state index contributed by atoms with van der Waals surface area (Å²) in [6, 6.07) is 0.453. The molecule has 2 heterocycles. The second-order valence-corrected chi connectivity index (χ2v) is 5.34. The summed E-state index contributed by atoms with van der Waals surface area (Å²) in [5.74, 6) is 1.01. The highest BCUT2D eigenvalue weighted by atomic mass is 35.5. The van der Waals surface area contributed by atoms with E-state index in [0.29, 0.717) is 11.2 Å². The van der Waals surface area contributed by atoms with Crippen LogP contribution in [0.5, 0.6) is 0 Å². The van der Waals surface area contributed by atoms with Gasteiger partial charge in [0, 0.05) is 24.7 Å². The van der Waals surface area contributed by atoms with Crippen LogP contribution in [0.1, 0.15) is 25.8 Å². The number of halogens is 1. The van der Waals surface area contributed by atoms with Gasteiger partial charge in [-0.25, -0.2) is 9.97 Å². The second kappa shape index (κ2) is 5.85. The molecule has 1 unspecified atom stereocenters. The van der Waals surface area contributed by atoms with Gasteiger partial charge < -0.3 is 9.80 Å². The van der Waals surface area contributed by atoms with Crippen molar-refractivity contribution in [2.75, 3.05) is 31.6 Å². The van der Waals surface area contributed by atoms with Crippen molar-refractivity contribution in [3.05, 3.63) is 17.0 Å². The fourth-order valence-corrected chi connectivity index (χ4v) is 2.88. The Kier molecular flexibility index (Phi) is 4.40. The first kappa shape index (κ1) is 13.6. The minimum Gasteiger partial charge on any atom is -0.352 e. The molecule has 0 radical (unpaired) electrons. The summed E-state index contributed by atoms with van der Waals surface area (Å²) in [5.41, 5.74) is 1.07. The van der Waals surface area contributed by atoms with Gasteiger partial charge in [0.25, 0.3) is 0 Å². The Morgan fingerprint density at radius 2 is 2.17 bits per heavy atom. The molecule has 1 fully saturated rings. The topological polar surface area (TPSA) is 32.3 Å². The molecule has 100 valence electrons. The molecule has 1 aliphatic rings. The maximum atomic E-state index is 6.18. The first-order valence-electron chi connectivity index (χ1n) is 6.58. The molecule has 2 rings (SSSR count). The Labute approximate surface area is 114 Å². The molecule has 0 amide bonds. The Balaban J connectivity index is 2.32. The third kappa shape index (κ3) is 2.75. The highest BCUT2D eigenvalue weighted by Gasteiger charge is 2.23. The van der Waals surface area contributed by atoms with E-state index in [1.807, 2.05) is 0 Å². The fourth-order valence-electron chi connectivity index (χ4n) is 2.62. The van der Waals surface area contributed by atoms with Crippen LogP contribution >= 0.6 is 11.6 Å². The summed E-state index contributed by atoms with van der Waals surface area (Å²) in [7, 11) is 2.17. The molecule has 0 bridgehead atoms. The van der Waals surface area contributed by atoms with Gasteiger partial charge in [-0.15, -0.1) is 0 Å². The number of hydrogen-bond donors (Lipinski definition) is 0. The number of nitrogens with zero attached hydrogens (tertiary/aromatic N) is 4. The zero-order valence-corrected chi connectivity index (χ0v) is 12.1. The van der Waals surface area contributed by atoms with Crippen molar-refractivity contribution in [2.45, 2.75) is 32.7 Å². The number of rotatable bonds is 2. The quantitative estimate of drug-likeness (QED) is 0.770. The van der Waals surface area contributed by atoms with E-state index in [4.69, 9.17) is 11.6 Å². The second-order valence-electron chi connectivity index (χ2n) is 4.98. The van der Waals surface area contributed by atoms with Crippen LogP contribution in [0, 0.1) is 0 Å². The molecule has 18 heavy (non-hydrogen) atoms. The van der Waals surface area contributed by atoms with Gasteiger partial charge >= 0.3 is 0 Å². The van der Waals surface area contributed by atoms with Gasteiger partial charge in [0.15, 0.2) is 0 Å². The Morgan fingerprint density at radius 1 is 1.39 bits per heavy atom. The number of anilines is 1. The van der Waals surface area contributed by atoms with Gasteiger partial charge in [-0.1, -0.05) is 18.5 Å². The van der Waals surface area contributed by atoms with Crippen LogP contribution in [0.25, 0.3) is 0 Å². The average molecular weight is 269 g/mol. The summed E-state index contributed by atoms with van der Waals surface area (Å²) in [5, 5.41) is 0.590. The van der Waals surface area contributed by atoms with E-state index < -0.39 is 0 Å². The molecule has 0 saturated carbocycles. The molecule has 1 saturated heterocycles. The lowest BCUT2D eigenvalue weighted by Gasteiger charge is -2.30. The van der Waals surface area contributed by atoms with Gasteiger partial charge in [0.05, 0.1) is 0 Å². The van der Waals surface area contributed by atoms with Crippen LogP contribution in [0.15, 0.2) is 6.33 Å². The minimum atomic E-state index is 0.453. The van der Waals surface area contributed by atoms with E-state index in [2.05, 4.69) is 40.7 Å². The maximum Gasteiger partial charge on any atom is 0.137 e. The summed E-state index contributed by atoms with van der Waals surface area (Å²) >= 11 is 6.18. The minimum absolute atomic E-state index is 0.453. The predicted molar refractivity (Wildman–Crippen MR) is 75.3 cm³/mol. The lowest BCUT2D eigenvalue weighted by atomic mass is 10.2. The highest BCUT2D eigenvalue weighted by Crippen LogP contribution is 2.26. The fraction of sp³-hybridized carbons (Fsp3) is 0.692. The molecule has 1 aromatic rings. The standard InChI is InChI=1S/C13H21ClN4/c1-4-11-12(14)15-9-16-13(11)18-7-5-6-17(3)8-10(18)2/h9-10H,4-8H2,1-3H3. The van der Waals surface area contributed by atoms with Gasteiger partial charge in [-0.05, 0) is 33.4 Å². The third-order valence-electron chi connectivity index (χ3n) is 3.54. The largest absolute Gasteiger partial charge is 0.352 e. The van der Waals surface area contributed by atoms with Crippen LogP contribution in [0.3, 0.4) is 0 Å². The molecular formula is C13H21ClN4. The molecule has 1 aromatic heterocycles. The van der Waals surface area contributed by atoms with Crippen LogP contribution < -0.4 is 4.90 Å². The zero-order chi connectivity index (χ0) is 13.1. The van der Waals surface area contributed by atoms with Gasteiger partial charge in [-0.3, -0.25) is 0 Å². The number of likely N-dealkylation sites (N-methyl/N-ethyl adjacent to an activating group) is 1. The third-order valence-corrected chi connectivity index (χ3v) is 3.87. The predicted octanol–water partition coefficient (Wildman–Crippen LogP) is 2.22. The summed E-state index contributed by atoms with van der Waals surface area (Å²) in [4.78, 5) is 13.3. The van der Waals surface area contributed by atoms with Crippen molar-refractivity contribution in [2.24, 2.45) is 0 Å². The summed E-state index contributed by atoms with van der Waals surface area (Å²) in [6.07, 6.45) is 3.60. The molecule has 4 nitrogen and oxygen atoms in total. The van der Waals surface area contributed by atoms with E-state index in [1.165, 1.54) is 0 Å². The monoisotopic (exact) mass is 268 g/mol. The van der Waals surface area contributed by atoms with Crippen molar-refractivity contribution in [3.63, 3.8) is 0 Å². The van der Waals surface area contributed by atoms with Gasteiger partial charge in [0.2, 0.25) is 0 Å².